The molecule has 3 aromatic carbocycles. The third-order valence-corrected chi connectivity index (χ3v) is 4.72. The van der Waals surface area contributed by atoms with Crippen LogP contribution in [0.15, 0.2) is 60.7 Å². The van der Waals surface area contributed by atoms with E-state index in [1.165, 1.54) is 18.2 Å². The lowest BCUT2D eigenvalue weighted by Crippen LogP contribution is -2.24. The minimum atomic E-state index is -1.01. The summed E-state index contributed by atoms with van der Waals surface area (Å²) in [6.07, 6.45) is -0.0932. The smallest absolute Gasteiger partial charge is 0.335 e. The van der Waals surface area contributed by atoms with Crippen molar-refractivity contribution in [3.63, 3.8) is 0 Å². The maximum Gasteiger partial charge on any atom is 0.335 e. The molecule has 0 aliphatic rings. The van der Waals surface area contributed by atoms with Crippen LogP contribution < -0.4 is 10.1 Å². The number of carbonyl (C=O) groups excluding carboxylic acids is 1. The van der Waals surface area contributed by atoms with E-state index >= 15 is 0 Å². The topological polar surface area (TPSA) is 75.6 Å². The number of carboxylic acid groups (broad SMARTS) is 1. The quantitative estimate of drug-likeness (QED) is 0.503. The number of hydrogen-bond acceptors (Lipinski definition) is 3. The van der Waals surface area contributed by atoms with Gasteiger partial charge >= 0.3 is 5.97 Å². The minimum Gasteiger partial charge on any atom is -0.491 e. The molecule has 0 heterocycles. The van der Waals surface area contributed by atoms with Crippen LogP contribution in [0.1, 0.15) is 40.1 Å². The van der Waals surface area contributed by atoms with E-state index in [0.29, 0.717) is 16.9 Å². The zero-order valence-corrected chi connectivity index (χ0v) is 17.7. The zero-order chi connectivity index (χ0) is 22.5. The van der Waals surface area contributed by atoms with Gasteiger partial charge in [-0.05, 0) is 67.4 Å². The molecule has 0 unspecified atom stereocenters. The van der Waals surface area contributed by atoms with Gasteiger partial charge in [0, 0.05) is 17.1 Å². The summed E-state index contributed by atoms with van der Waals surface area (Å²) in [5.74, 6) is -1.73. The molecule has 3 rings (SSSR count). The summed E-state index contributed by atoms with van der Waals surface area (Å²) in [4.78, 5) is 23.7. The molecule has 0 fully saturated rings. The Hall–Kier alpha value is -3.38. The van der Waals surface area contributed by atoms with Gasteiger partial charge in [-0.25, -0.2) is 9.18 Å². The summed E-state index contributed by atoms with van der Waals surface area (Å²) in [5.41, 5.74) is 2.22. The largest absolute Gasteiger partial charge is 0.491 e. The average Bonchev–Trinajstić information content (AvgIpc) is 2.72. The zero-order valence-electron chi connectivity index (χ0n) is 17.0. The van der Waals surface area contributed by atoms with Crippen LogP contribution in [-0.4, -0.2) is 23.1 Å². The Balaban J connectivity index is 1.89. The normalized spacial score (nSPS) is 10.7. The van der Waals surface area contributed by atoms with Crippen molar-refractivity contribution in [1.82, 2.24) is 5.32 Å². The minimum absolute atomic E-state index is 0.0927. The molecule has 0 spiro atoms. The van der Waals surface area contributed by atoms with E-state index in [0.717, 1.165) is 11.6 Å². The fourth-order valence-electron chi connectivity index (χ4n) is 3.04. The van der Waals surface area contributed by atoms with Crippen LogP contribution in [0.3, 0.4) is 0 Å². The van der Waals surface area contributed by atoms with E-state index in [1.54, 1.807) is 24.3 Å². The van der Waals surface area contributed by atoms with E-state index in [-0.39, 0.29) is 28.8 Å². The highest BCUT2D eigenvalue weighted by Gasteiger charge is 2.15. The number of carbonyl (C=O) groups is 2. The van der Waals surface area contributed by atoms with Gasteiger partial charge in [-0.3, -0.25) is 4.79 Å². The van der Waals surface area contributed by atoms with Crippen LogP contribution in [0.5, 0.6) is 5.75 Å². The van der Waals surface area contributed by atoms with E-state index in [9.17, 15) is 19.1 Å². The van der Waals surface area contributed by atoms with Gasteiger partial charge in [-0.2, -0.15) is 0 Å². The SMILES string of the molecule is CC(C)Oc1ccc(-c2cccc(C(=O)O)c2)cc1CNC(=O)c1ccc(Cl)cc1F. The van der Waals surface area contributed by atoms with Gasteiger partial charge in [0.2, 0.25) is 0 Å². The van der Waals surface area contributed by atoms with Crippen LogP contribution in [-0.2, 0) is 6.54 Å². The van der Waals surface area contributed by atoms with Crippen LogP contribution in [0.4, 0.5) is 4.39 Å². The van der Waals surface area contributed by atoms with E-state index < -0.39 is 17.7 Å². The summed E-state index contributed by atoms with van der Waals surface area (Å²) in [7, 11) is 0. The Morgan fingerprint density at radius 3 is 2.48 bits per heavy atom. The first-order valence-electron chi connectivity index (χ1n) is 9.61. The van der Waals surface area contributed by atoms with Crippen LogP contribution >= 0.6 is 11.6 Å². The number of rotatable bonds is 7. The highest BCUT2D eigenvalue weighted by Crippen LogP contribution is 2.28. The lowest BCUT2D eigenvalue weighted by Gasteiger charge is -2.16. The molecule has 1 amide bonds. The number of hydrogen-bond donors (Lipinski definition) is 2. The lowest BCUT2D eigenvalue weighted by molar-refractivity contribution is 0.0696. The number of ether oxygens (including phenoxy) is 1. The van der Waals surface area contributed by atoms with Crippen molar-refractivity contribution in [2.24, 2.45) is 0 Å². The van der Waals surface area contributed by atoms with Crippen molar-refractivity contribution in [2.75, 3.05) is 0 Å². The number of amides is 1. The van der Waals surface area contributed by atoms with Gasteiger partial charge in [0.25, 0.3) is 5.91 Å². The van der Waals surface area contributed by atoms with Crippen molar-refractivity contribution in [3.05, 3.63) is 88.2 Å². The molecule has 0 radical (unpaired) electrons. The Kier molecular flexibility index (Phi) is 6.92. The van der Waals surface area contributed by atoms with Crippen LogP contribution in [0.2, 0.25) is 5.02 Å². The Labute approximate surface area is 184 Å². The van der Waals surface area contributed by atoms with Crippen molar-refractivity contribution >= 4 is 23.5 Å². The first kappa shape index (κ1) is 22.3. The maximum absolute atomic E-state index is 14.0. The summed E-state index contributed by atoms with van der Waals surface area (Å²) in [5, 5.41) is 12.1. The molecule has 160 valence electrons. The van der Waals surface area contributed by atoms with Gasteiger partial charge in [0.1, 0.15) is 11.6 Å². The van der Waals surface area contributed by atoms with E-state index in [1.807, 2.05) is 26.0 Å². The second kappa shape index (κ2) is 9.62. The Morgan fingerprint density at radius 2 is 1.81 bits per heavy atom. The molecular formula is C24H21ClFNO4. The molecular weight excluding hydrogens is 421 g/mol. The summed E-state index contributed by atoms with van der Waals surface area (Å²) in [6, 6.07) is 15.8. The predicted octanol–water partition coefficient (Wildman–Crippen LogP) is 5.56. The number of carboxylic acids is 1. The molecule has 7 heteroatoms. The monoisotopic (exact) mass is 441 g/mol. The third kappa shape index (κ3) is 5.61. The van der Waals surface area contributed by atoms with Gasteiger partial charge in [0.05, 0.1) is 17.2 Å². The number of benzene rings is 3. The molecule has 0 saturated heterocycles. The van der Waals surface area contributed by atoms with Crippen molar-refractivity contribution in [3.8, 4) is 16.9 Å². The van der Waals surface area contributed by atoms with Gasteiger partial charge in [-0.15, -0.1) is 0 Å². The third-order valence-electron chi connectivity index (χ3n) is 4.48. The van der Waals surface area contributed by atoms with E-state index in [4.69, 9.17) is 16.3 Å². The summed E-state index contributed by atoms with van der Waals surface area (Å²) >= 11 is 5.75. The molecule has 2 N–H and O–H groups in total. The molecule has 0 aromatic heterocycles. The average molecular weight is 442 g/mol. The molecule has 31 heavy (non-hydrogen) atoms. The predicted molar refractivity (Wildman–Crippen MR) is 117 cm³/mol. The van der Waals surface area contributed by atoms with Crippen LogP contribution in [0.25, 0.3) is 11.1 Å². The fraction of sp³-hybridized carbons (Fsp3) is 0.167. The number of nitrogens with one attached hydrogen (secondary N) is 1. The number of halogens is 2. The van der Waals surface area contributed by atoms with Crippen molar-refractivity contribution < 1.29 is 23.8 Å². The molecule has 0 saturated carbocycles. The van der Waals surface area contributed by atoms with Crippen molar-refractivity contribution in [2.45, 2.75) is 26.5 Å². The fourth-order valence-corrected chi connectivity index (χ4v) is 3.20. The Morgan fingerprint density at radius 1 is 1.06 bits per heavy atom. The van der Waals surface area contributed by atoms with Gasteiger partial charge in [-0.1, -0.05) is 29.8 Å². The second-order valence-electron chi connectivity index (χ2n) is 7.18. The standard InChI is InChI=1S/C24H21ClFNO4/c1-14(2)31-22-9-6-16(15-4-3-5-17(10-15)24(29)30)11-18(22)13-27-23(28)20-8-7-19(25)12-21(20)26/h3-12,14H,13H2,1-2H3,(H,27,28)(H,29,30). The summed E-state index contributed by atoms with van der Waals surface area (Å²) < 4.78 is 19.9. The molecule has 0 atom stereocenters. The first-order valence-corrected chi connectivity index (χ1v) is 9.99. The first-order chi connectivity index (χ1) is 14.7. The lowest BCUT2D eigenvalue weighted by atomic mass is 10.00. The van der Waals surface area contributed by atoms with E-state index in [2.05, 4.69) is 5.32 Å². The maximum atomic E-state index is 14.0. The Bertz CT molecular complexity index is 1130. The second-order valence-corrected chi connectivity index (χ2v) is 7.62. The van der Waals surface area contributed by atoms with Gasteiger partial charge in [0.15, 0.2) is 0 Å². The van der Waals surface area contributed by atoms with Crippen LogP contribution in [0, 0.1) is 5.82 Å². The highest BCUT2D eigenvalue weighted by molar-refractivity contribution is 6.30. The van der Waals surface area contributed by atoms with Gasteiger partial charge < -0.3 is 15.2 Å². The van der Waals surface area contributed by atoms with Crippen molar-refractivity contribution in [1.29, 1.82) is 0 Å². The molecule has 0 aliphatic heterocycles. The number of aromatic carboxylic acids is 1. The highest BCUT2D eigenvalue weighted by atomic mass is 35.5. The molecule has 0 bridgehead atoms. The summed E-state index contributed by atoms with van der Waals surface area (Å²) in [6.45, 7) is 3.86. The molecule has 0 aliphatic carbocycles. The molecule has 3 aromatic rings. The molecule has 5 nitrogen and oxygen atoms in total.